The van der Waals surface area contributed by atoms with Crippen LogP contribution in [0.15, 0.2) is 70.3 Å². The lowest BCUT2D eigenvalue weighted by molar-refractivity contribution is 0.570. The highest BCUT2D eigenvalue weighted by atomic mass is 32.2. The second kappa shape index (κ2) is 5.53. The SMILES string of the molecule is Nc1cc(-c2ccccc2)ccc1S(=O)(=O)Nc1ncco1. The molecule has 0 saturated heterocycles. The maximum absolute atomic E-state index is 12.3. The molecule has 0 spiro atoms. The normalized spacial score (nSPS) is 11.3. The van der Waals surface area contributed by atoms with Crippen molar-refractivity contribution in [2.75, 3.05) is 10.5 Å². The predicted molar refractivity (Wildman–Crippen MR) is 83.6 cm³/mol. The van der Waals surface area contributed by atoms with E-state index in [0.717, 1.165) is 11.1 Å². The molecular weight excluding hydrogens is 302 g/mol. The number of nitrogens with one attached hydrogen (secondary N) is 1. The summed E-state index contributed by atoms with van der Waals surface area (Å²) in [4.78, 5) is 3.70. The van der Waals surface area contributed by atoms with E-state index < -0.39 is 10.0 Å². The molecule has 3 rings (SSSR count). The fraction of sp³-hybridized carbons (Fsp3) is 0. The van der Waals surface area contributed by atoms with Gasteiger partial charge in [0.15, 0.2) is 0 Å². The first-order valence-electron chi connectivity index (χ1n) is 6.43. The Hall–Kier alpha value is -2.80. The van der Waals surface area contributed by atoms with Gasteiger partial charge in [0, 0.05) is 0 Å². The topological polar surface area (TPSA) is 98.2 Å². The number of nitrogens with two attached hydrogens (primary N) is 1. The molecule has 0 atom stereocenters. The molecule has 0 fully saturated rings. The summed E-state index contributed by atoms with van der Waals surface area (Å²) in [6, 6.07) is 14.2. The molecule has 0 saturated carbocycles. The van der Waals surface area contributed by atoms with Gasteiger partial charge in [-0.05, 0) is 23.3 Å². The van der Waals surface area contributed by atoms with Crippen molar-refractivity contribution < 1.29 is 12.8 Å². The van der Waals surface area contributed by atoms with Crippen LogP contribution in [0.4, 0.5) is 11.7 Å². The summed E-state index contributed by atoms with van der Waals surface area (Å²) in [5, 5.41) is 0. The summed E-state index contributed by atoms with van der Waals surface area (Å²) in [6.45, 7) is 0. The average Bonchev–Trinajstić information content (AvgIpc) is 3.00. The van der Waals surface area contributed by atoms with Crippen LogP contribution < -0.4 is 10.5 Å². The molecule has 3 aromatic rings. The van der Waals surface area contributed by atoms with Gasteiger partial charge in [0.25, 0.3) is 10.0 Å². The van der Waals surface area contributed by atoms with E-state index >= 15 is 0 Å². The van der Waals surface area contributed by atoms with Gasteiger partial charge in [0.05, 0.1) is 11.9 Å². The van der Waals surface area contributed by atoms with Crippen LogP contribution in [0.3, 0.4) is 0 Å². The molecule has 0 aliphatic rings. The maximum Gasteiger partial charge on any atom is 0.308 e. The highest BCUT2D eigenvalue weighted by molar-refractivity contribution is 7.92. The summed E-state index contributed by atoms with van der Waals surface area (Å²) in [6.07, 6.45) is 2.62. The van der Waals surface area contributed by atoms with Crippen LogP contribution in [-0.4, -0.2) is 13.4 Å². The van der Waals surface area contributed by atoms with Crippen molar-refractivity contribution in [3.05, 3.63) is 61.0 Å². The maximum atomic E-state index is 12.3. The molecule has 7 heteroatoms. The molecule has 22 heavy (non-hydrogen) atoms. The van der Waals surface area contributed by atoms with E-state index in [1.807, 2.05) is 30.3 Å². The Balaban J connectivity index is 1.96. The molecule has 0 aliphatic carbocycles. The number of oxazole rings is 1. The largest absolute Gasteiger partial charge is 0.432 e. The third kappa shape index (κ3) is 2.79. The summed E-state index contributed by atoms with van der Waals surface area (Å²) >= 11 is 0. The van der Waals surface area contributed by atoms with Crippen LogP contribution in [0.5, 0.6) is 0 Å². The summed E-state index contributed by atoms with van der Waals surface area (Å²) in [7, 11) is -3.84. The fourth-order valence-corrected chi connectivity index (χ4v) is 3.10. The Morgan fingerprint density at radius 2 is 1.82 bits per heavy atom. The van der Waals surface area contributed by atoms with Crippen molar-refractivity contribution in [1.82, 2.24) is 4.98 Å². The molecule has 0 radical (unpaired) electrons. The van der Waals surface area contributed by atoms with Gasteiger partial charge >= 0.3 is 6.01 Å². The molecule has 1 heterocycles. The molecule has 2 aromatic carbocycles. The first-order valence-corrected chi connectivity index (χ1v) is 7.92. The first kappa shape index (κ1) is 14.2. The van der Waals surface area contributed by atoms with Crippen LogP contribution in [0, 0.1) is 0 Å². The third-order valence-corrected chi connectivity index (χ3v) is 4.45. The minimum absolute atomic E-state index is 0.0228. The summed E-state index contributed by atoms with van der Waals surface area (Å²) < 4.78 is 31.7. The van der Waals surface area contributed by atoms with Crippen molar-refractivity contribution >= 4 is 21.7 Å². The Morgan fingerprint density at radius 1 is 1.05 bits per heavy atom. The number of nitrogen functional groups attached to an aromatic ring is 1. The number of hydrogen-bond donors (Lipinski definition) is 2. The lowest BCUT2D eigenvalue weighted by Crippen LogP contribution is -2.15. The zero-order valence-corrected chi connectivity index (χ0v) is 12.2. The monoisotopic (exact) mass is 315 g/mol. The van der Waals surface area contributed by atoms with Gasteiger partial charge in [-0.15, -0.1) is 0 Å². The van der Waals surface area contributed by atoms with Gasteiger partial charge in [-0.25, -0.2) is 18.1 Å². The summed E-state index contributed by atoms with van der Waals surface area (Å²) in [5.41, 5.74) is 7.85. The van der Waals surface area contributed by atoms with E-state index in [2.05, 4.69) is 9.71 Å². The Bertz CT molecular complexity index is 876. The number of nitrogens with zero attached hydrogens (tertiary/aromatic N) is 1. The number of hydrogen-bond acceptors (Lipinski definition) is 5. The van der Waals surface area contributed by atoms with E-state index in [1.165, 1.54) is 18.5 Å². The van der Waals surface area contributed by atoms with Crippen LogP contribution in [0.2, 0.25) is 0 Å². The van der Waals surface area contributed by atoms with E-state index in [4.69, 9.17) is 10.2 Å². The van der Waals surface area contributed by atoms with Crippen LogP contribution in [-0.2, 0) is 10.0 Å². The number of benzene rings is 2. The molecule has 1 aromatic heterocycles. The molecule has 0 aliphatic heterocycles. The van der Waals surface area contributed by atoms with Gasteiger partial charge in [0.1, 0.15) is 11.2 Å². The van der Waals surface area contributed by atoms with Crippen LogP contribution >= 0.6 is 0 Å². The van der Waals surface area contributed by atoms with E-state index in [1.54, 1.807) is 12.1 Å². The second-order valence-electron chi connectivity index (χ2n) is 4.56. The van der Waals surface area contributed by atoms with Crippen molar-refractivity contribution in [3.63, 3.8) is 0 Å². The fourth-order valence-electron chi connectivity index (χ4n) is 2.05. The highest BCUT2D eigenvalue weighted by Crippen LogP contribution is 2.27. The van der Waals surface area contributed by atoms with Gasteiger partial charge in [-0.1, -0.05) is 36.4 Å². The van der Waals surface area contributed by atoms with Crippen molar-refractivity contribution in [2.45, 2.75) is 4.90 Å². The van der Waals surface area contributed by atoms with E-state index in [-0.39, 0.29) is 16.6 Å². The molecule has 0 unspecified atom stereocenters. The quantitative estimate of drug-likeness (QED) is 0.721. The predicted octanol–water partition coefficient (Wildman–Crippen LogP) is 2.72. The van der Waals surface area contributed by atoms with Crippen molar-refractivity contribution in [3.8, 4) is 11.1 Å². The van der Waals surface area contributed by atoms with Crippen LogP contribution in [0.1, 0.15) is 0 Å². The molecular formula is C15H13N3O3S. The van der Waals surface area contributed by atoms with Gasteiger partial charge in [-0.3, -0.25) is 0 Å². The standard InChI is InChI=1S/C15H13N3O3S/c16-13-10-12(11-4-2-1-3-5-11)6-7-14(13)22(19,20)18-15-17-8-9-21-15/h1-10H,16H2,(H,17,18). The zero-order chi connectivity index (χ0) is 15.6. The Kier molecular flexibility index (Phi) is 3.56. The van der Waals surface area contributed by atoms with Crippen molar-refractivity contribution in [1.29, 1.82) is 0 Å². The van der Waals surface area contributed by atoms with E-state index in [0.29, 0.717) is 0 Å². The molecule has 3 N–H and O–H groups in total. The third-order valence-electron chi connectivity index (χ3n) is 3.06. The highest BCUT2D eigenvalue weighted by Gasteiger charge is 2.19. The van der Waals surface area contributed by atoms with Crippen LogP contribution in [0.25, 0.3) is 11.1 Å². The minimum Gasteiger partial charge on any atom is -0.432 e. The number of rotatable bonds is 4. The van der Waals surface area contributed by atoms with E-state index in [9.17, 15) is 8.42 Å². The average molecular weight is 315 g/mol. The summed E-state index contributed by atoms with van der Waals surface area (Å²) in [5.74, 6) is 0. The lowest BCUT2D eigenvalue weighted by atomic mass is 10.1. The Labute approximate surface area is 127 Å². The zero-order valence-electron chi connectivity index (χ0n) is 11.4. The van der Waals surface area contributed by atoms with Gasteiger partial charge in [0.2, 0.25) is 0 Å². The number of anilines is 2. The number of aromatic nitrogens is 1. The molecule has 112 valence electrons. The molecule has 0 amide bonds. The minimum atomic E-state index is -3.84. The smallest absolute Gasteiger partial charge is 0.308 e. The van der Waals surface area contributed by atoms with Gasteiger partial charge in [-0.2, -0.15) is 0 Å². The molecule has 0 bridgehead atoms. The lowest BCUT2D eigenvalue weighted by Gasteiger charge is -2.09. The first-order chi connectivity index (χ1) is 10.6. The molecule has 6 nitrogen and oxygen atoms in total. The second-order valence-corrected chi connectivity index (χ2v) is 6.21. The van der Waals surface area contributed by atoms with Crippen molar-refractivity contribution in [2.24, 2.45) is 0 Å². The number of sulfonamides is 1. The Morgan fingerprint density at radius 3 is 2.45 bits per heavy atom. The van der Waals surface area contributed by atoms with Gasteiger partial charge < -0.3 is 10.2 Å².